The van der Waals surface area contributed by atoms with Crippen molar-refractivity contribution in [2.75, 3.05) is 18.5 Å². The third-order valence-corrected chi connectivity index (χ3v) is 3.52. The lowest BCUT2D eigenvalue weighted by molar-refractivity contribution is 0.166. The summed E-state index contributed by atoms with van der Waals surface area (Å²) in [7, 11) is 1.82. The van der Waals surface area contributed by atoms with Crippen LogP contribution in [0, 0.1) is 0 Å². The van der Waals surface area contributed by atoms with E-state index in [1.165, 1.54) is 0 Å². The Morgan fingerprint density at radius 2 is 2.42 bits per heavy atom. The number of aliphatic hydroxyl groups excluding tert-OH is 1. The Kier molecular flexibility index (Phi) is 4.42. The van der Waals surface area contributed by atoms with Gasteiger partial charge >= 0.3 is 6.03 Å². The number of amides is 2. The highest BCUT2D eigenvalue weighted by atomic mass is 16.3. The molecule has 0 radical (unpaired) electrons. The van der Waals surface area contributed by atoms with Gasteiger partial charge in [-0.05, 0) is 19.3 Å². The zero-order valence-electron chi connectivity index (χ0n) is 11.6. The molecule has 1 aromatic heterocycles. The minimum Gasteiger partial charge on any atom is -0.394 e. The van der Waals surface area contributed by atoms with Gasteiger partial charge in [0.15, 0.2) is 0 Å². The van der Waals surface area contributed by atoms with Gasteiger partial charge in [0, 0.05) is 19.7 Å². The maximum Gasteiger partial charge on any atom is 0.323 e. The summed E-state index contributed by atoms with van der Waals surface area (Å²) in [5.74, 6) is 0.706. The van der Waals surface area contributed by atoms with E-state index < -0.39 is 0 Å². The van der Waals surface area contributed by atoms with Crippen LogP contribution >= 0.6 is 0 Å². The van der Waals surface area contributed by atoms with Gasteiger partial charge in [0.25, 0.3) is 0 Å². The van der Waals surface area contributed by atoms with Crippen molar-refractivity contribution in [3.05, 3.63) is 11.8 Å². The molecule has 0 aromatic carbocycles. The van der Waals surface area contributed by atoms with Gasteiger partial charge in [-0.2, -0.15) is 5.10 Å². The number of hydrogen-bond donors (Lipinski definition) is 2. The maximum absolute atomic E-state index is 12.2. The summed E-state index contributed by atoms with van der Waals surface area (Å²) in [5, 5.41) is 16.5. The molecule has 2 heterocycles. The molecule has 1 unspecified atom stereocenters. The largest absolute Gasteiger partial charge is 0.394 e. The summed E-state index contributed by atoms with van der Waals surface area (Å²) >= 11 is 0. The van der Waals surface area contributed by atoms with Crippen LogP contribution in [0.25, 0.3) is 0 Å². The molecule has 6 heteroatoms. The minimum atomic E-state index is -0.150. The summed E-state index contributed by atoms with van der Waals surface area (Å²) in [6, 6.07) is 1.71. The molecule has 0 aliphatic carbocycles. The molecule has 0 bridgehead atoms. The van der Waals surface area contributed by atoms with Crippen molar-refractivity contribution < 1.29 is 9.90 Å². The van der Waals surface area contributed by atoms with Crippen LogP contribution in [0.2, 0.25) is 0 Å². The molecule has 1 saturated heterocycles. The lowest BCUT2D eigenvalue weighted by atomic mass is 10.2. The molecule has 2 rings (SSSR count). The second kappa shape index (κ2) is 6.06. The molecular weight excluding hydrogens is 244 g/mol. The van der Waals surface area contributed by atoms with E-state index in [1.54, 1.807) is 9.58 Å². The normalized spacial score (nSPS) is 18.9. The fraction of sp³-hybridized carbons (Fsp3) is 0.692. The molecular formula is C13H22N4O2. The number of nitrogens with zero attached hydrogens (tertiary/aromatic N) is 3. The Morgan fingerprint density at radius 1 is 1.63 bits per heavy atom. The first kappa shape index (κ1) is 13.9. The SMILES string of the molecule is CCCc1cc(NC(=O)N2CCCC2CO)n(C)n1. The first-order valence-electron chi connectivity index (χ1n) is 6.87. The third kappa shape index (κ3) is 3.07. The van der Waals surface area contributed by atoms with Crippen molar-refractivity contribution in [3.8, 4) is 0 Å². The number of aryl methyl sites for hydroxylation is 2. The van der Waals surface area contributed by atoms with Crippen molar-refractivity contribution in [2.45, 2.75) is 38.6 Å². The van der Waals surface area contributed by atoms with Gasteiger partial charge in [-0.25, -0.2) is 4.79 Å². The van der Waals surface area contributed by atoms with E-state index in [1.807, 2.05) is 13.1 Å². The van der Waals surface area contributed by atoms with Crippen LogP contribution in [-0.4, -0.2) is 45.0 Å². The molecule has 1 aliphatic rings. The van der Waals surface area contributed by atoms with Crippen molar-refractivity contribution >= 4 is 11.8 Å². The van der Waals surface area contributed by atoms with E-state index in [0.29, 0.717) is 12.4 Å². The molecule has 1 aliphatic heterocycles. The van der Waals surface area contributed by atoms with Gasteiger partial charge in [0.05, 0.1) is 18.3 Å². The molecule has 106 valence electrons. The monoisotopic (exact) mass is 266 g/mol. The minimum absolute atomic E-state index is 0.0277. The number of carbonyl (C=O) groups excluding carboxylic acids is 1. The average molecular weight is 266 g/mol. The average Bonchev–Trinajstić information content (AvgIpc) is 2.97. The number of hydrogen-bond acceptors (Lipinski definition) is 3. The van der Waals surface area contributed by atoms with E-state index >= 15 is 0 Å². The van der Waals surface area contributed by atoms with Gasteiger partial charge < -0.3 is 10.0 Å². The van der Waals surface area contributed by atoms with Crippen LogP contribution in [0.4, 0.5) is 10.6 Å². The quantitative estimate of drug-likeness (QED) is 0.864. The van der Waals surface area contributed by atoms with Crippen LogP contribution in [0.1, 0.15) is 31.9 Å². The summed E-state index contributed by atoms with van der Waals surface area (Å²) in [6.07, 6.45) is 3.76. The zero-order valence-corrected chi connectivity index (χ0v) is 11.6. The molecule has 2 amide bonds. The van der Waals surface area contributed by atoms with Crippen LogP contribution < -0.4 is 5.32 Å². The molecule has 0 spiro atoms. The van der Waals surface area contributed by atoms with Crippen LogP contribution in [0.3, 0.4) is 0 Å². The molecule has 1 atom stereocenters. The summed E-state index contributed by atoms with van der Waals surface area (Å²) in [5.41, 5.74) is 0.987. The van der Waals surface area contributed by atoms with Gasteiger partial charge in [0.2, 0.25) is 0 Å². The number of aliphatic hydroxyl groups is 1. The fourth-order valence-corrected chi connectivity index (χ4v) is 2.50. The second-order valence-corrected chi connectivity index (χ2v) is 5.00. The smallest absolute Gasteiger partial charge is 0.323 e. The Hall–Kier alpha value is -1.56. The molecule has 6 nitrogen and oxygen atoms in total. The summed E-state index contributed by atoms with van der Waals surface area (Å²) in [6.45, 7) is 2.83. The molecule has 0 saturated carbocycles. The number of urea groups is 1. The number of anilines is 1. The van der Waals surface area contributed by atoms with E-state index in [0.717, 1.165) is 31.4 Å². The Bertz CT molecular complexity index is 444. The fourth-order valence-electron chi connectivity index (χ4n) is 2.50. The van der Waals surface area contributed by atoms with Crippen molar-refractivity contribution in [3.63, 3.8) is 0 Å². The predicted molar refractivity (Wildman–Crippen MR) is 73.0 cm³/mol. The zero-order chi connectivity index (χ0) is 13.8. The van der Waals surface area contributed by atoms with Gasteiger partial charge in [0.1, 0.15) is 5.82 Å². The maximum atomic E-state index is 12.2. The summed E-state index contributed by atoms with van der Waals surface area (Å²) < 4.78 is 1.69. The van der Waals surface area contributed by atoms with Crippen molar-refractivity contribution in [1.82, 2.24) is 14.7 Å². The van der Waals surface area contributed by atoms with Gasteiger partial charge in [-0.3, -0.25) is 10.00 Å². The predicted octanol–water partition coefficient (Wildman–Crippen LogP) is 1.36. The summed E-state index contributed by atoms with van der Waals surface area (Å²) in [4.78, 5) is 13.9. The van der Waals surface area contributed by atoms with E-state index in [-0.39, 0.29) is 18.7 Å². The first-order valence-corrected chi connectivity index (χ1v) is 6.87. The highest BCUT2D eigenvalue weighted by Gasteiger charge is 2.28. The first-order chi connectivity index (χ1) is 9.15. The van der Waals surface area contributed by atoms with Crippen molar-refractivity contribution in [1.29, 1.82) is 0 Å². The second-order valence-electron chi connectivity index (χ2n) is 5.00. The van der Waals surface area contributed by atoms with E-state index in [9.17, 15) is 9.90 Å². The highest BCUT2D eigenvalue weighted by Crippen LogP contribution is 2.19. The molecule has 2 N–H and O–H groups in total. The standard InChI is InChI=1S/C13H22N4O2/c1-3-5-10-8-12(16(2)15-10)14-13(19)17-7-4-6-11(17)9-18/h8,11,18H,3-7,9H2,1-2H3,(H,14,19). The highest BCUT2D eigenvalue weighted by molar-refractivity contribution is 5.88. The van der Waals surface area contributed by atoms with E-state index in [2.05, 4.69) is 17.3 Å². The Morgan fingerprint density at radius 3 is 3.11 bits per heavy atom. The number of rotatable bonds is 4. The topological polar surface area (TPSA) is 70.4 Å². The molecule has 1 aromatic rings. The third-order valence-electron chi connectivity index (χ3n) is 3.52. The van der Waals surface area contributed by atoms with Crippen LogP contribution in [0.5, 0.6) is 0 Å². The Balaban J connectivity index is 2.02. The van der Waals surface area contributed by atoms with Crippen LogP contribution in [-0.2, 0) is 13.5 Å². The van der Waals surface area contributed by atoms with Gasteiger partial charge in [-0.1, -0.05) is 13.3 Å². The number of nitrogens with one attached hydrogen (secondary N) is 1. The number of carbonyl (C=O) groups is 1. The number of likely N-dealkylation sites (tertiary alicyclic amines) is 1. The lowest BCUT2D eigenvalue weighted by Gasteiger charge is -2.23. The van der Waals surface area contributed by atoms with Crippen molar-refractivity contribution in [2.24, 2.45) is 7.05 Å². The van der Waals surface area contributed by atoms with Crippen LogP contribution in [0.15, 0.2) is 6.07 Å². The molecule has 1 fully saturated rings. The Labute approximate surface area is 113 Å². The van der Waals surface area contributed by atoms with Gasteiger partial charge in [-0.15, -0.1) is 0 Å². The van der Waals surface area contributed by atoms with E-state index in [4.69, 9.17) is 0 Å². The molecule has 19 heavy (non-hydrogen) atoms. The lowest BCUT2D eigenvalue weighted by Crippen LogP contribution is -2.40. The number of aromatic nitrogens is 2.